The largest absolute Gasteiger partial charge is 0.488 e. The second-order valence-electron chi connectivity index (χ2n) is 5.48. The molecule has 1 amide bonds. The van der Waals surface area contributed by atoms with E-state index in [-0.39, 0.29) is 12.0 Å². The van der Waals surface area contributed by atoms with E-state index in [0.29, 0.717) is 34.8 Å². The van der Waals surface area contributed by atoms with Gasteiger partial charge in [-0.1, -0.05) is 0 Å². The predicted octanol–water partition coefficient (Wildman–Crippen LogP) is 2.83. The van der Waals surface area contributed by atoms with Gasteiger partial charge in [-0.2, -0.15) is 0 Å². The number of hydrogen-bond donors (Lipinski definition) is 2. The molecule has 1 atom stereocenters. The van der Waals surface area contributed by atoms with Gasteiger partial charge in [0.1, 0.15) is 18.2 Å². The molecule has 0 radical (unpaired) electrons. The first-order chi connectivity index (χ1) is 12.8. The van der Waals surface area contributed by atoms with Gasteiger partial charge < -0.3 is 14.5 Å². The van der Waals surface area contributed by atoms with Crippen LogP contribution in [-0.2, 0) is 4.74 Å². The van der Waals surface area contributed by atoms with Crippen molar-refractivity contribution < 1.29 is 14.3 Å². The number of hydrogen-bond acceptors (Lipinski definition) is 8. The molecule has 1 aromatic carbocycles. The van der Waals surface area contributed by atoms with Gasteiger partial charge >= 0.3 is 0 Å². The molecule has 8 nitrogen and oxygen atoms in total. The molecule has 0 spiro atoms. The van der Waals surface area contributed by atoms with Gasteiger partial charge in [0, 0.05) is 28.5 Å². The predicted molar refractivity (Wildman–Crippen MR) is 96.9 cm³/mol. The maximum absolute atomic E-state index is 12.6. The van der Waals surface area contributed by atoms with E-state index in [1.165, 1.54) is 29.4 Å². The van der Waals surface area contributed by atoms with Crippen LogP contribution in [-0.4, -0.2) is 45.4 Å². The minimum atomic E-state index is -0.243. The van der Waals surface area contributed by atoms with Crippen molar-refractivity contribution in [1.29, 1.82) is 0 Å². The number of H-pyrrole nitrogens is 1. The Morgan fingerprint density at radius 3 is 3.12 bits per heavy atom. The third kappa shape index (κ3) is 4.21. The fourth-order valence-corrected chi connectivity index (χ4v) is 3.75. The summed E-state index contributed by atoms with van der Waals surface area (Å²) < 4.78 is 11.3. The minimum Gasteiger partial charge on any atom is -0.488 e. The molecule has 10 heteroatoms. The van der Waals surface area contributed by atoms with Crippen LogP contribution in [0.25, 0.3) is 0 Å². The first-order valence-corrected chi connectivity index (χ1v) is 9.60. The zero-order valence-corrected chi connectivity index (χ0v) is 15.2. The lowest BCUT2D eigenvalue weighted by Gasteiger charge is -2.14. The monoisotopic (exact) mass is 389 g/mol. The van der Waals surface area contributed by atoms with Crippen LogP contribution in [0, 0.1) is 0 Å². The van der Waals surface area contributed by atoms with E-state index in [4.69, 9.17) is 9.47 Å². The summed E-state index contributed by atoms with van der Waals surface area (Å²) in [5, 5.41) is 13.5. The molecule has 2 aromatic heterocycles. The van der Waals surface area contributed by atoms with Gasteiger partial charge in [0.2, 0.25) is 0 Å². The highest BCUT2D eigenvalue weighted by Crippen LogP contribution is 2.30. The van der Waals surface area contributed by atoms with Crippen molar-refractivity contribution in [3.8, 4) is 5.75 Å². The van der Waals surface area contributed by atoms with Crippen LogP contribution in [0.3, 0.4) is 0 Å². The Bertz CT molecular complexity index is 864. The van der Waals surface area contributed by atoms with Gasteiger partial charge in [-0.05, 0) is 30.0 Å². The first kappa shape index (κ1) is 17.0. The number of carbonyl (C=O) groups is 1. The highest BCUT2D eigenvalue weighted by atomic mass is 32.2. The van der Waals surface area contributed by atoms with E-state index < -0.39 is 0 Å². The molecule has 3 aromatic rings. The molecule has 4 rings (SSSR count). The summed E-state index contributed by atoms with van der Waals surface area (Å²) >= 11 is 2.74. The van der Waals surface area contributed by atoms with Crippen molar-refractivity contribution in [3.05, 3.63) is 41.7 Å². The quantitative estimate of drug-likeness (QED) is 0.668. The maximum atomic E-state index is 12.6. The third-order valence-corrected chi connectivity index (χ3v) is 5.15. The number of amides is 1. The lowest BCUT2D eigenvalue weighted by atomic mass is 10.2. The van der Waals surface area contributed by atoms with E-state index in [2.05, 4.69) is 25.5 Å². The molecule has 1 saturated heterocycles. The van der Waals surface area contributed by atoms with E-state index in [1.54, 1.807) is 23.7 Å². The Morgan fingerprint density at radius 2 is 2.38 bits per heavy atom. The molecule has 1 aliphatic rings. The number of nitrogens with zero attached hydrogens (tertiary/aromatic N) is 3. The molecule has 0 saturated carbocycles. The second-order valence-corrected chi connectivity index (χ2v) is 7.44. The molecule has 26 heavy (non-hydrogen) atoms. The van der Waals surface area contributed by atoms with Crippen LogP contribution in [0.4, 0.5) is 5.13 Å². The van der Waals surface area contributed by atoms with Crippen LogP contribution in [0.15, 0.2) is 46.2 Å². The normalized spacial score (nSPS) is 16.5. The highest BCUT2D eigenvalue weighted by Gasteiger charge is 2.19. The van der Waals surface area contributed by atoms with Crippen molar-refractivity contribution in [2.75, 3.05) is 18.5 Å². The molecule has 1 aliphatic heterocycles. The standard InChI is InChI=1S/C16H15N5O3S2/c22-14(20-15-17-2-4-25-15)10-5-12(24-11-1-3-23-8-11)7-13(6-10)26-16-18-9-19-21-16/h2,4-7,9,11H,1,3,8H2,(H,17,20,22)(H,18,19,21)/t11-/m0/s1. The van der Waals surface area contributed by atoms with Gasteiger partial charge in [-0.15, -0.1) is 21.5 Å². The Morgan fingerprint density at radius 1 is 1.42 bits per heavy atom. The molecule has 1 fully saturated rings. The van der Waals surface area contributed by atoms with Crippen molar-refractivity contribution in [2.45, 2.75) is 22.6 Å². The third-order valence-electron chi connectivity index (χ3n) is 3.59. The molecule has 134 valence electrons. The van der Waals surface area contributed by atoms with Crippen LogP contribution in [0.2, 0.25) is 0 Å². The number of aromatic nitrogens is 4. The molecule has 2 N–H and O–H groups in total. The summed E-state index contributed by atoms with van der Waals surface area (Å²) in [7, 11) is 0. The average Bonchev–Trinajstić information content (AvgIpc) is 3.38. The molecular formula is C16H15N5O3S2. The van der Waals surface area contributed by atoms with Crippen molar-refractivity contribution in [2.24, 2.45) is 0 Å². The van der Waals surface area contributed by atoms with Crippen LogP contribution in [0.1, 0.15) is 16.8 Å². The summed E-state index contributed by atoms with van der Waals surface area (Å²) in [4.78, 5) is 20.4. The second kappa shape index (κ2) is 7.85. The highest BCUT2D eigenvalue weighted by molar-refractivity contribution is 7.99. The van der Waals surface area contributed by atoms with E-state index >= 15 is 0 Å². The van der Waals surface area contributed by atoms with Crippen molar-refractivity contribution in [1.82, 2.24) is 20.2 Å². The van der Waals surface area contributed by atoms with Crippen molar-refractivity contribution >= 4 is 34.1 Å². The van der Waals surface area contributed by atoms with E-state index in [9.17, 15) is 4.79 Å². The number of benzene rings is 1. The first-order valence-electron chi connectivity index (χ1n) is 7.90. The molecule has 0 unspecified atom stereocenters. The SMILES string of the molecule is O=C(Nc1nccs1)c1cc(O[C@H]2CCOC2)cc(Sc2nnc[nH]2)c1. The van der Waals surface area contributed by atoms with Crippen molar-refractivity contribution in [3.63, 3.8) is 0 Å². The summed E-state index contributed by atoms with van der Waals surface area (Å²) in [6, 6.07) is 5.39. The van der Waals surface area contributed by atoms with E-state index in [1.807, 2.05) is 6.07 Å². The Kier molecular flexibility index (Phi) is 5.14. The van der Waals surface area contributed by atoms with Gasteiger partial charge in [-0.3, -0.25) is 10.1 Å². The lowest BCUT2D eigenvalue weighted by molar-refractivity contribution is 0.102. The van der Waals surface area contributed by atoms with Gasteiger partial charge in [0.25, 0.3) is 5.91 Å². The van der Waals surface area contributed by atoms with Gasteiger partial charge in [0.15, 0.2) is 10.3 Å². The van der Waals surface area contributed by atoms with Gasteiger partial charge in [-0.25, -0.2) is 4.98 Å². The number of ether oxygens (including phenoxy) is 2. The van der Waals surface area contributed by atoms with Gasteiger partial charge in [0.05, 0.1) is 13.2 Å². The number of carbonyl (C=O) groups excluding carboxylic acids is 1. The molecular weight excluding hydrogens is 374 g/mol. The minimum absolute atomic E-state index is 0.00426. The molecule has 0 aliphatic carbocycles. The fourth-order valence-electron chi connectivity index (χ4n) is 2.44. The van der Waals surface area contributed by atoms with E-state index in [0.717, 1.165) is 11.3 Å². The summed E-state index contributed by atoms with van der Waals surface area (Å²) in [6.07, 6.45) is 3.98. The molecule has 0 bridgehead atoms. The summed E-state index contributed by atoms with van der Waals surface area (Å²) in [6.45, 7) is 1.24. The zero-order chi connectivity index (χ0) is 17.8. The Balaban J connectivity index is 1.59. The Hall–Kier alpha value is -2.43. The number of nitrogens with one attached hydrogen (secondary N) is 2. The fraction of sp³-hybridized carbons (Fsp3) is 0.250. The summed E-state index contributed by atoms with van der Waals surface area (Å²) in [5.41, 5.74) is 0.485. The smallest absolute Gasteiger partial charge is 0.257 e. The number of rotatable bonds is 6. The number of anilines is 1. The van der Waals surface area contributed by atoms with Crippen LogP contribution >= 0.6 is 23.1 Å². The average molecular weight is 389 g/mol. The number of thiazole rings is 1. The topological polar surface area (TPSA) is 102 Å². The van der Waals surface area contributed by atoms with Crippen LogP contribution < -0.4 is 10.1 Å². The Labute approximate surface area is 157 Å². The molecule has 3 heterocycles. The lowest BCUT2D eigenvalue weighted by Crippen LogP contribution is -2.17. The zero-order valence-electron chi connectivity index (χ0n) is 13.5. The maximum Gasteiger partial charge on any atom is 0.257 e. The summed E-state index contributed by atoms with van der Waals surface area (Å²) in [5.74, 6) is 0.377. The number of aromatic amines is 1. The van der Waals surface area contributed by atoms with Crippen LogP contribution in [0.5, 0.6) is 5.75 Å².